The summed E-state index contributed by atoms with van der Waals surface area (Å²) in [5, 5.41) is 0. The average molecular weight is 301 g/mol. The van der Waals surface area contributed by atoms with Gasteiger partial charge in [0.15, 0.2) is 0 Å². The molecular weight excluding hydrogens is 286 g/mol. The molecule has 0 saturated heterocycles. The number of rotatable bonds is 4. The average Bonchev–Trinajstić information content (AvgIpc) is 3.10. The summed E-state index contributed by atoms with van der Waals surface area (Å²) in [5.74, 6) is 0.955. The van der Waals surface area contributed by atoms with Crippen LogP contribution in [0, 0.1) is 0 Å². The SMILES string of the molecule is c1ccc(-c2cnc(CCc3cnc4ccncc4n3)[nH]2)cc1. The number of fused-ring (bicyclic) bond motifs is 1. The molecule has 0 bridgehead atoms. The third kappa shape index (κ3) is 2.94. The van der Waals surface area contributed by atoms with Gasteiger partial charge < -0.3 is 4.98 Å². The second kappa shape index (κ2) is 5.96. The largest absolute Gasteiger partial charge is 0.342 e. The maximum Gasteiger partial charge on any atom is 0.107 e. The number of nitrogens with one attached hydrogen (secondary N) is 1. The van der Waals surface area contributed by atoms with Crippen LogP contribution >= 0.6 is 0 Å². The summed E-state index contributed by atoms with van der Waals surface area (Å²) in [6.45, 7) is 0. The van der Waals surface area contributed by atoms with Crippen molar-refractivity contribution in [1.82, 2.24) is 24.9 Å². The minimum Gasteiger partial charge on any atom is -0.342 e. The highest BCUT2D eigenvalue weighted by Gasteiger charge is 2.05. The third-order valence-corrected chi connectivity index (χ3v) is 3.73. The van der Waals surface area contributed by atoms with Crippen LogP contribution in [-0.2, 0) is 12.8 Å². The van der Waals surface area contributed by atoms with E-state index in [0.29, 0.717) is 0 Å². The quantitative estimate of drug-likeness (QED) is 0.628. The van der Waals surface area contributed by atoms with E-state index in [1.165, 1.54) is 0 Å². The zero-order chi connectivity index (χ0) is 15.5. The lowest BCUT2D eigenvalue weighted by molar-refractivity contribution is 0.856. The number of hydrogen-bond donors (Lipinski definition) is 1. The molecule has 0 saturated carbocycles. The Morgan fingerprint density at radius 2 is 1.74 bits per heavy atom. The molecule has 0 spiro atoms. The fraction of sp³-hybridized carbons (Fsp3) is 0.111. The molecule has 4 rings (SSSR count). The van der Waals surface area contributed by atoms with Crippen molar-refractivity contribution < 1.29 is 0 Å². The lowest BCUT2D eigenvalue weighted by Crippen LogP contribution is -1.98. The van der Waals surface area contributed by atoms with Crippen molar-refractivity contribution in [2.45, 2.75) is 12.8 Å². The van der Waals surface area contributed by atoms with E-state index in [9.17, 15) is 0 Å². The first-order valence-electron chi connectivity index (χ1n) is 7.53. The molecule has 0 unspecified atom stereocenters. The van der Waals surface area contributed by atoms with E-state index < -0.39 is 0 Å². The maximum absolute atomic E-state index is 4.59. The van der Waals surface area contributed by atoms with Gasteiger partial charge in [0, 0.05) is 18.8 Å². The Bertz CT molecular complexity index is 930. The summed E-state index contributed by atoms with van der Waals surface area (Å²) in [7, 11) is 0. The first-order chi connectivity index (χ1) is 11.4. The Hall–Kier alpha value is -3.08. The Morgan fingerprint density at radius 3 is 2.65 bits per heavy atom. The van der Waals surface area contributed by atoms with Gasteiger partial charge in [-0.25, -0.2) is 9.97 Å². The first-order valence-corrected chi connectivity index (χ1v) is 7.53. The number of nitrogens with zero attached hydrogens (tertiary/aromatic N) is 4. The molecule has 112 valence electrons. The summed E-state index contributed by atoms with van der Waals surface area (Å²) in [5.41, 5.74) is 4.82. The minimum atomic E-state index is 0.791. The zero-order valence-corrected chi connectivity index (χ0v) is 12.5. The molecule has 3 aromatic heterocycles. The van der Waals surface area contributed by atoms with Crippen molar-refractivity contribution in [3.05, 3.63) is 72.7 Å². The highest BCUT2D eigenvalue weighted by molar-refractivity contribution is 5.72. The summed E-state index contributed by atoms with van der Waals surface area (Å²) in [6, 6.07) is 12.1. The first kappa shape index (κ1) is 13.6. The van der Waals surface area contributed by atoms with E-state index in [1.807, 2.05) is 36.7 Å². The Balaban J connectivity index is 1.49. The lowest BCUT2D eigenvalue weighted by atomic mass is 10.2. The Morgan fingerprint density at radius 1 is 0.826 bits per heavy atom. The molecule has 0 aliphatic heterocycles. The van der Waals surface area contributed by atoms with E-state index in [0.717, 1.165) is 46.7 Å². The predicted molar refractivity (Wildman–Crippen MR) is 88.8 cm³/mol. The molecule has 5 heteroatoms. The van der Waals surface area contributed by atoms with Gasteiger partial charge in [-0.15, -0.1) is 0 Å². The van der Waals surface area contributed by atoms with Crippen LogP contribution in [-0.4, -0.2) is 24.9 Å². The number of benzene rings is 1. The van der Waals surface area contributed by atoms with Crippen LogP contribution in [0.4, 0.5) is 0 Å². The molecule has 0 fully saturated rings. The van der Waals surface area contributed by atoms with Crippen molar-refractivity contribution in [3.8, 4) is 11.3 Å². The van der Waals surface area contributed by atoms with E-state index in [4.69, 9.17) is 0 Å². The van der Waals surface area contributed by atoms with Gasteiger partial charge in [0.2, 0.25) is 0 Å². The number of hydrogen-bond acceptors (Lipinski definition) is 4. The van der Waals surface area contributed by atoms with Gasteiger partial charge in [0.05, 0.1) is 29.3 Å². The van der Waals surface area contributed by atoms with Crippen LogP contribution in [0.3, 0.4) is 0 Å². The second-order valence-electron chi connectivity index (χ2n) is 5.34. The predicted octanol–water partition coefficient (Wildman–Crippen LogP) is 3.20. The van der Waals surface area contributed by atoms with E-state index in [-0.39, 0.29) is 0 Å². The number of aromatic amines is 1. The Kier molecular flexibility index (Phi) is 3.52. The minimum absolute atomic E-state index is 0.791. The number of aromatic nitrogens is 5. The van der Waals surface area contributed by atoms with Crippen LogP contribution in [0.1, 0.15) is 11.5 Å². The Labute approximate surface area is 133 Å². The van der Waals surface area contributed by atoms with E-state index in [1.54, 1.807) is 12.4 Å². The molecule has 0 aliphatic carbocycles. The van der Waals surface area contributed by atoms with Gasteiger partial charge in [0.25, 0.3) is 0 Å². The highest BCUT2D eigenvalue weighted by atomic mass is 14.9. The fourth-order valence-electron chi connectivity index (χ4n) is 2.52. The smallest absolute Gasteiger partial charge is 0.107 e. The van der Waals surface area contributed by atoms with E-state index >= 15 is 0 Å². The summed E-state index contributed by atoms with van der Waals surface area (Å²) < 4.78 is 0. The standard InChI is InChI=1S/C18H15N5/c1-2-4-13(5-3-1)16-12-21-18(23-16)7-6-14-10-20-15-8-9-19-11-17(15)22-14/h1-5,8-12H,6-7H2,(H,21,23). The topological polar surface area (TPSA) is 67.3 Å². The monoisotopic (exact) mass is 301 g/mol. The normalized spacial score (nSPS) is 11.0. The molecule has 0 aliphatic rings. The van der Waals surface area contributed by atoms with Gasteiger partial charge in [-0.2, -0.15) is 0 Å². The maximum atomic E-state index is 4.59. The van der Waals surface area contributed by atoms with Crippen molar-refractivity contribution in [2.24, 2.45) is 0 Å². The van der Waals surface area contributed by atoms with Crippen molar-refractivity contribution >= 4 is 11.0 Å². The van der Waals surface area contributed by atoms with Crippen LogP contribution in [0.5, 0.6) is 0 Å². The van der Waals surface area contributed by atoms with Crippen LogP contribution in [0.2, 0.25) is 0 Å². The molecule has 1 aromatic carbocycles. The third-order valence-electron chi connectivity index (χ3n) is 3.73. The van der Waals surface area contributed by atoms with Crippen molar-refractivity contribution in [1.29, 1.82) is 0 Å². The molecule has 3 heterocycles. The van der Waals surface area contributed by atoms with Crippen LogP contribution < -0.4 is 0 Å². The van der Waals surface area contributed by atoms with Gasteiger partial charge in [-0.3, -0.25) is 9.97 Å². The number of pyridine rings is 1. The van der Waals surface area contributed by atoms with Crippen LogP contribution in [0.25, 0.3) is 22.3 Å². The molecule has 0 atom stereocenters. The number of aryl methyl sites for hydroxylation is 2. The molecule has 5 nitrogen and oxygen atoms in total. The molecule has 1 N–H and O–H groups in total. The molecule has 23 heavy (non-hydrogen) atoms. The summed E-state index contributed by atoms with van der Waals surface area (Å²) in [6.07, 6.45) is 8.76. The second-order valence-corrected chi connectivity index (χ2v) is 5.34. The number of H-pyrrole nitrogens is 1. The molecular formula is C18H15N5. The molecule has 4 aromatic rings. The summed E-state index contributed by atoms with van der Waals surface area (Å²) >= 11 is 0. The summed E-state index contributed by atoms with van der Waals surface area (Å²) in [4.78, 5) is 20.9. The van der Waals surface area contributed by atoms with Gasteiger partial charge in [-0.05, 0) is 18.1 Å². The molecule has 0 amide bonds. The van der Waals surface area contributed by atoms with Crippen molar-refractivity contribution in [2.75, 3.05) is 0 Å². The van der Waals surface area contributed by atoms with E-state index in [2.05, 4.69) is 37.1 Å². The zero-order valence-electron chi connectivity index (χ0n) is 12.5. The lowest BCUT2D eigenvalue weighted by Gasteiger charge is -2.01. The van der Waals surface area contributed by atoms with Crippen molar-refractivity contribution in [3.63, 3.8) is 0 Å². The van der Waals surface area contributed by atoms with Gasteiger partial charge in [0.1, 0.15) is 11.3 Å². The van der Waals surface area contributed by atoms with Gasteiger partial charge >= 0.3 is 0 Å². The van der Waals surface area contributed by atoms with Gasteiger partial charge in [-0.1, -0.05) is 30.3 Å². The highest BCUT2D eigenvalue weighted by Crippen LogP contribution is 2.16. The fourth-order valence-corrected chi connectivity index (χ4v) is 2.52. The molecule has 0 radical (unpaired) electrons. The number of imidazole rings is 1. The van der Waals surface area contributed by atoms with Crippen LogP contribution in [0.15, 0.2) is 61.2 Å².